The Labute approximate surface area is 156 Å². The van der Waals surface area contributed by atoms with E-state index in [9.17, 15) is 13.6 Å². The summed E-state index contributed by atoms with van der Waals surface area (Å²) in [5.74, 6) is -0.975. The van der Waals surface area contributed by atoms with Crippen LogP contribution in [-0.2, 0) is 16.6 Å². The lowest BCUT2D eigenvalue weighted by atomic mass is 9.93. The molecule has 0 fully saturated rings. The zero-order valence-corrected chi connectivity index (χ0v) is 15.4. The zero-order chi connectivity index (χ0) is 19.6. The lowest BCUT2D eigenvalue weighted by molar-refractivity contribution is -0.134. The molecule has 0 spiro atoms. The first-order valence-corrected chi connectivity index (χ1v) is 8.54. The van der Waals surface area contributed by atoms with E-state index in [1.807, 2.05) is 20.8 Å². The van der Waals surface area contributed by atoms with Crippen molar-refractivity contribution in [1.29, 1.82) is 0 Å². The quantitative estimate of drug-likeness (QED) is 0.631. The summed E-state index contributed by atoms with van der Waals surface area (Å²) < 4.78 is 33.2. The van der Waals surface area contributed by atoms with Gasteiger partial charge in [-0.15, -0.1) is 0 Å². The number of aromatic nitrogens is 2. The molecule has 140 valence electrons. The fourth-order valence-corrected chi connectivity index (χ4v) is 2.49. The van der Waals surface area contributed by atoms with Crippen LogP contribution >= 0.6 is 0 Å². The van der Waals surface area contributed by atoms with Crippen LogP contribution in [0.1, 0.15) is 32.0 Å². The van der Waals surface area contributed by atoms with Crippen molar-refractivity contribution in [1.82, 2.24) is 9.78 Å². The van der Waals surface area contributed by atoms with Crippen LogP contribution in [0.25, 0.3) is 5.69 Å². The van der Waals surface area contributed by atoms with Gasteiger partial charge < -0.3 is 4.74 Å². The molecule has 0 aliphatic rings. The molecule has 3 aromatic rings. The molecule has 0 radical (unpaired) electrons. The molecule has 0 aliphatic heterocycles. The fraction of sp³-hybridized carbons (Fsp3) is 0.238. The molecule has 2 aromatic carbocycles. The van der Waals surface area contributed by atoms with Gasteiger partial charge in [0.2, 0.25) is 5.88 Å². The van der Waals surface area contributed by atoms with Gasteiger partial charge in [0.15, 0.2) is 0 Å². The maximum Gasteiger partial charge on any atom is 0.316 e. The molecule has 0 saturated carbocycles. The largest absolute Gasteiger partial charge is 0.407 e. The third-order valence-electron chi connectivity index (χ3n) is 4.00. The van der Waals surface area contributed by atoms with Crippen molar-refractivity contribution >= 4 is 5.97 Å². The van der Waals surface area contributed by atoms with Crippen LogP contribution in [0.3, 0.4) is 0 Å². The Hall–Kier alpha value is -3.02. The van der Waals surface area contributed by atoms with Gasteiger partial charge in [-0.2, -0.15) is 5.10 Å². The van der Waals surface area contributed by atoms with E-state index in [4.69, 9.17) is 4.74 Å². The van der Waals surface area contributed by atoms with E-state index in [1.165, 1.54) is 41.1 Å². The van der Waals surface area contributed by atoms with E-state index < -0.39 is 5.97 Å². The molecule has 0 aliphatic carbocycles. The third kappa shape index (κ3) is 4.58. The van der Waals surface area contributed by atoms with E-state index in [2.05, 4.69) is 5.10 Å². The summed E-state index contributed by atoms with van der Waals surface area (Å²) in [6.07, 6.45) is -0.000269. The molecule has 6 heteroatoms. The summed E-state index contributed by atoms with van der Waals surface area (Å²) >= 11 is 0. The molecule has 3 rings (SSSR count). The van der Waals surface area contributed by atoms with Gasteiger partial charge in [-0.1, -0.05) is 32.9 Å². The van der Waals surface area contributed by atoms with Crippen molar-refractivity contribution in [3.8, 4) is 11.6 Å². The van der Waals surface area contributed by atoms with E-state index in [1.54, 1.807) is 18.2 Å². The van der Waals surface area contributed by atoms with Crippen molar-refractivity contribution in [3.63, 3.8) is 0 Å². The van der Waals surface area contributed by atoms with Gasteiger partial charge in [-0.3, -0.25) is 4.79 Å². The molecule has 27 heavy (non-hydrogen) atoms. The highest BCUT2D eigenvalue weighted by molar-refractivity contribution is 5.75. The van der Waals surface area contributed by atoms with Crippen molar-refractivity contribution in [3.05, 3.63) is 77.5 Å². The van der Waals surface area contributed by atoms with Crippen molar-refractivity contribution in [2.24, 2.45) is 0 Å². The summed E-state index contributed by atoms with van der Waals surface area (Å²) in [5.41, 5.74) is 1.70. The van der Waals surface area contributed by atoms with Gasteiger partial charge in [-0.25, -0.2) is 13.5 Å². The second-order valence-electron chi connectivity index (χ2n) is 7.28. The van der Waals surface area contributed by atoms with E-state index >= 15 is 0 Å². The number of nitrogens with zero attached hydrogens (tertiary/aromatic N) is 2. The average molecular weight is 370 g/mol. The maximum absolute atomic E-state index is 13.2. The molecule has 0 unspecified atom stereocenters. The number of carbonyl (C=O) groups excluding carboxylic acids is 1. The minimum Gasteiger partial charge on any atom is -0.407 e. The van der Waals surface area contributed by atoms with Gasteiger partial charge in [-0.05, 0) is 42.0 Å². The summed E-state index contributed by atoms with van der Waals surface area (Å²) in [4.78, 5) is 12.3. The topological polar surface area (TPSA) is 44.1 Å². The highest BCUT2D eigenvalue weighted by Gasteiger charge is 2.22. The van der Waals surface area contributed by atoms with Gasteiger partial charge in [0.1, 0.15) is 11.6 Å². The Kier molecular flexibility index (Phi) is 5.08. The summed E-state index contributed by atoms with van der Waals surface area (Å²) in [6.45, 7) is 5.98. The standard InChI is InChI=1S/C21H20F2N2O2/c1-21(2,3)18-13-19(25(24-18)17-10-8-16(23)9-11-17)27-20(26)12-14-4-6-15(22)7-5-14/h4-11,13H,12H2,1-3H3. The zero-order valence-electron chi connectivity index (χ0n) is 15.4. The number of carbonyl (C=O) groups is 1. The first-order chi connectivity index (χ1) is 12.7. The highest BCUT2D eigenvalue weighted by Crippen LogP contribution is 2.28. The molecule has 1 heterocycles. The Balaban J connectivity index is 1.88. The van der Waals surface area contributed by atoms with Crippen LogP contribution in [0.4, 0.5) is 8.78 Å². The Bertz CT molecular complexity index is 940. The monoisotopic (exact) mass is 370 g/mol. The summed E-state index contributed by atoms with van der Waals surface area (Å²) in [6, 6.07) is 13.1. The number of ether oxygens (including phenoxy) is 1. The van der Waals surface area contributed by atoms with Crippen LogP contribution in [0.15, 0.2) is 54.6 Å². The van der Waals surface area contributed by atoms with Gasteiger partial charge >= 0.3 is 5.97 Å². The number of hydrogen-bond donors (Lipinski definition) is 0. The van der Waals surface area contributed by atoms with Crippen LogP contribution in [0.5, 0.6) is 5.88 Å². The molecule has 1 aromatic heterocycles. The SMILES string of the molecule is CC(C)(C)c1cc(OC(=O)Cc2ccc(F)cc2)n(-c2ccc(F)cc2)n1. The van der Waals surface area contributed by atoms with Crippen LogP contribution in [-0.4, -0.2) is 15.7 Å². The number of esters is 1. The number of rotatable bonds is 4. The summed E-state index contributed by atoms with van der Waals surface area (Å²) in [7, 11) is 0. The van der Waals surface area contributed by atoms with E-state index in [0.717, 1.165) is 5.69 Å². The minimum atomic E-state index is -0.495. The number of hydrogen-bond acceptors (Lipinski definition) is 3. The van der Waals surface area contributed by atoms with Gasteiger partial charge in [0.25, 0.3) is 0 Å². The number of benzene rings is 2. The average Bonchev–Trinajstić information content (AvgIpc) is 3.02. The first kappa shape index (κ1) is 18.8. The van der Waals surface area contributed by atoms with Crippen molar-refractivity contribution in [2.45, 2.75) is 32.6 Å². The van der Waals surface area contributed by atoms with Crippen molar-refractivity contribution < 1.29 is 18.3 Å². The van der Waals surface area contributed by atoms with Crippen LogP contribution < -0.4 is 4.74 Å². The second-order valence-corrected chi connectivity index (χ2v) is 7.28. The van der Waals surface area contributed by atoms with Crippen LogP contribution in [0.2, 0.25) is 0 Å². The highest BCUT2D eigenvalue weighted by atomic mass is 19.1. The normalized spacial score (nSPS) is 11.4. The molecular weight excluding hydrogens is 350 g/mol. The molecule has 0 bridgehead atoms. The molecule has 4 nitrogen and oxygen atoms in total. The minimum absolute atomic E-state index is 0.000269. The van der Waals surface area contributed by atoms with Gasteiger partial charge in [0.05, 0.1) is 17.8 Å². The lowest BCUT2D eigenvalue weighted by Crippen LogP contribution is -2.14. The molecular formula is C21H20F2N2O2. The molecule has 0 saturated heterocycles. The Morgan fingerprint density at radius 1 is 1.00 bits per heavy atom. The second kappa shape index (κ2) is 7.31. The summed E-state index contributed by atoms with van der Waals surface area (Å²) in [5, 5.41) is 4.52. The predicted octanol–water partition coefficient (Wildman–Crippen LogP) is 4.60. The maximum atomic E-state index is 13.2. The van der Waals surface area contributed by atoms with E-state index in [-0.39, 0.29) is 29.4 Å². The Morgan fingerprint density at radius 2 is 1.56 bits per heavy atom. The predicted molar refractivity (Wildman–Crippen MR) is 98.0 cm³/mol. The lowest BCUT2D eigenvalue weighted by Gasteiger charge is -2.13. The third-order valence-corrected chi connectivity index (χ3v) is 4.00. The molecule has 0 N–H and O–H groups in total. The molecule has 0 amide bonds. The molecule has 0 atom stereocenters. The number of halogens is 2. The first-order valence-electron chi connectivity index (χ1n) is 8.54. The van der Waals surface area contributed by atoms with E-state index in [0.29, 0.717) is 11.3 Å². The van der Waals surface area contributed by atoms with Gasteiger partial charge in [0, 0.05) is 11.5 Å². The Morgan fingerprint density at radius 3 is 2.11 bits per heavy atom. The fourth-order valence-electron chi connectivity index (χ4n) is 2.49. The van der Waals surface area contributed by atoms with Crippen LogP contribution in [0, 0.1) is 11.6 Å². The smallest absolute Gasteiger partial charge is 0.316 e. The van der Waals surface area contributed by atoms with Crippen molar-refractivity contribution in [2.75, 3.05) is 0 Å².